The second kappa shape index (κ2) is 7.22. The number of H-pyrrole nitrogens is 1. The highest BCUT2D eigenvalue weighted by Gasteiger charge is 2.12. The minimum absolute atomic E-state index is 0.0717. The van der Waals surface area contributed by atoms with Gasteiger partial charge in [0.2, 0.25) is 0 Å². The molecule has 27 heavy (non-hydrogen) atoms. The number of imidazole rings is 1. The first-order chi connectivity index (χ1) is 12.7. The molecule has 2 aromatic heterocycles. The molecular weight excluding hydrogens is 340 g/mol. The van der Waals surface area contributed by atoms with E-state index in [1.165, 1.54) is 0 Å². The van der Waals surface area contributed by atoms with Gasteiger partial charge in [-0.05, 0) is 57.5 Å². The minimum atomic E-state index is -0.220. The maximum Gasteiger partial charge on any atom is 0.255 e. The lowest BCUT2D eigenvalue weighted by Gasteiger charge is -2.09. The molecule has 0 fully saturated rings. The van der Waals surface area contributed by atoms with Crippen molar-refractivity contribution >= 4 is 22.8 Å². The highest BCUT2D eigenvalue weighted by Crippen LogP contribution is 2.18. The van der Waals surface area contributed by atoms with Crippen molar-refractivity contribution in [2.24, 2.45) is 5.41 Å². The highest BCUT2D eigenvalue weighted by atomic mass is 16.3. The van der Waals surface area contributed by atoms with Gasteiger partial charge in [-0.25, -0.2) is 9.97 Å². The Morgan fingerprint density at radius 1 is 1.30 bits per heavy atom. The van der Waals surface area contributed by atoms with E-state index in [1.807, 2.05) is 19.1 Å². The van der Waals surface area contributed by atoms with E-state index < -0.39 is 0 Å². The van der Waals surface area contributed by atoms with Crippen LogP contribution in [0.25, 0.3) is 11.2 Å². The molecule has 0 aliphatic carbocycles. The Kier molecular flexibility index (Phi) is 4.98. The van der Waals surface area contributed by atoms with Crippen LogP contribution in [0.1, 0.15) is 48.1 Å². The van der Waals surface area contributed by atoms with Gasteiger partial charge >= 0.3 is 0 Å². The summed E-state index contributed by atoms with van der Waals surface area (Å²) in [5.41, 5.74) is 3.93. The Morgan fingerprint density at radius 2 is 2.07 bits per heavy atom. The van der Waals surface area contributed by atoms with Crippen molar-refractivity contribution in [1.29, 1.82) is 0 Å². The molecule has 3 aromatic rings. The standard InChI is InChI=1S/C21H22N4O2/c1-13-9-14(7-8-21(2,3)4)5-6-16(13)20(27)23-15-10-17-19(22-11-15)25-18(12-26)24-17/h5-6,9-11,26H,12H2,1-4H3,(H,23,27)(H,22,24,25). The lowest BCUT2D eigenvalue weighted by atomic mass is 9.97. The van der Waals surface area contributed by atoms with Crippen LogP contribution < -0.4 is 5.32 Å². The number of benzene rings is 1. The fourth-order valence-electron chi connectivity index (χ4n) is 2.54. The van der Waals surface area contributed by atoms with Gasteiger partial charge in [0.25, 0.3) is 5.91 Å². The molecule has 0 spiro atoms. The zero-order chi connectivity index (χ0) is 19.6. The van der Waals surface area contributed by atoms with Crippen LogP contribution in [0.15, 0.2) is 30.5 Å². The summed E-state index contributed by atoms with van der Waals surface area (Å²) in [6, 6.07) is 7.26. The molecule has 0 aliphatic heterocycles. The quantitative estimate of drug-likeness (QED) is 0.623. The topological polar surface area (TPSA) is 90.9 Å². The van der Waals surface area contributed by atoms with Crippen LogP contribution in [0.2, 0.25) is 0 Å². The molecule has 0 unspecified atom stereocenters. The van der Waals surface area contributed by atoms with Crippen LogP contribution in [0.3, 0.4) is 0 Å². The SMILES string of the molecule is Cc1cc(C#CC(C)(C)C)ccc1C(=O)Nc1cnc2[nH]c(CO)nc2c1. The first kappa shape index (κ1) is 18.6. The number of rotatable bonds is 3. The summed E-state index contributed by atoms with van der Waals surface area (Å²) in [6.07, 6.45) is 1.55. The van der Waals surface area contributed by atoms with Gasteiger partial charge in [0, 0.05) is 16.5 Å². The van der Waals surface area contributed by atoms with E-state index in [-0.39, 0.29) is 17.9 Å². The molecule has 0 aliphatic rings. The molecule has 6 heteroatoms. The molecule has 0 atom stereocenters. The van der Waals surface area contributed by atoms with Crippen LogP contribution in [-0.2, 0) is 6.61 Å². The van der Waals surface area contributed by atoms with Crippen molar-refractivity contribution in [2.45, 2.75) is 34.3 Å². The summed E-state index contributed by atoms with van der Waals surface area (Å²) < 4.78 is 0. The van der Waals surface area contributed by atoms with Crippen LogP contribution in [0, 0.1) is 24.2 Å². The number of aliphatic hydroxyl groups excluding tert-OH is 1. The number of hydrogen-bond acceptors (Lipinski definition) is 4. The molecule has 138 valence electrons. The van der Waals surface area contributed by atoms with E-state index in [4.69, 9.17) is 5.11 Å². The number of anilines is 1. The smallest absolute Gasteiger partial charge is 0.255 e. The number of carbonyl (C=O) groups is 1. The third-order valence-corrected chi connectivity index (χ3v) is 3.85. The summed E-state index contributed by atoms with van der Waals surface area (Å²) in [7, 11) is 0. The average molecular weight is 362 g/mol. The normalized spacial score (nSPS) is 11.1. The van der Waals surface area contributed by atoms with Crippen molar-refractivity contribution in [1.82, 2.24) is 15.0 Å². The maximum absolute atomic E-state index is 12.6. The number of hydrogen-bond donors (Lipinski definition) is 3. The molecular formula is C21H22N4O2. The summed E-state index contributed by atoms with van der Waals surface area (Å²) >= 11 is 0. The van der Waals surface area contributed by atoms with E-state index in [1.54, 1.807) is 18.3 Å². The lowest BCUT2D eigenvalue weighted by molar-refractivity contribution is 0.102. The number of aromatic nitrogens is 3. The minimum Gasteiger partial charge on any atom is -0.388 e. The summed E-state index contributed by atoms with van der Waals surface area (Å²) in [6.45, 7) is 7.87. The number of nitrogens with zero attached hydrogens (tertiary/aromatic N) is 2. The molecule has 0 saturated heterocycles. The maximum atomic E-state index is 12.6. The Hall–Kier alpha value is -3.17. The average Bonchev–Trinajstić information content (AvgIpc) is 3.01. The molecule has 0 saturated carbocycles. The number of aliphatic hydroxyl groups is 1. The molecule has 3 N–H and O–H groups in total. The third-order valence-electron chi connectivity index (χ3n) is 3.85. The molecule has 2 heterocycles. The predicted molar refractivity (Wildman–Crippen MR) is 105 cm³/mol. The van der Waals surface area contributed by atoms with E-state index in [0.717, 1.165) is 11.1 Å². The second-order valence-corrected chi connectivity index (χ2v) is 7.42. The van der Waals surface area contributed by atoms with Gasteiger partial charge in [-0.3, -0.25) is 4.79 Å². The number of amides is 1. The lowest BCUT2D eigenvalue weighted by Crippen LogP contribution is -2.13. The van der Waals surface area contributed by atoms with Gasteiger partial charge in [0.1, 0.15) is 17.9 Å². The fraction of sp³-hybridized carbons (Fsp3) is 0.286. The van der Waals surface area contributed by atoms with Crippen molar-refractivity contribution in [3.8, 4) is 11.8 Å². The van der Waals surface area contributed by atoms with Gasteiger partial charge in [0.05, 0.1) is 11.9 Å². The van der Waals surface area contributed by atoms with E-state index in [2.05, 4.69) is 52.9 Å². The number of pyridine rings is 1. The van der Waals surface area contributed by atoms with Gasteiger partial charge in [0.15, 0.2) is 5.65 Å². The van der Waals surface area contributed by atoms with Crippen LogP contribution in [0.5, 0.6) is 0 Å². The first-order valence-electron chi connectivity index (χ1n) is 8.66. The Balaban J connectivity index is 1.80. The zero-order valence-electron chi connectivity index (χ0n) is 15.8. The van der Waals surface area contributed by atoms with E-state index >= 15 is 0 Å². The van der Waals surface area contributed by atoms with Gasteiger partial charge in [-0.2, -0.15) is 0 Å². The summed E-state index contributed by atoms with van der Waals surface area (Å²) in [5.74, 6) is 6.55. The Bertz CT molecular complexity index is 1070. The monoisotopic (exact) mass is 362 g/mol. The number of fused-ring (bicyclic) bond motifs is 1. The number of aryl methyl sites for hydroxylation is 1. The Morgan fingerprint density at radius 3 is 2.74 bits per heavy atom. The molecule has 0 radical (unpaired) electrons. The largest absolute Gasteiger partial charge is 0.388 e. The van der Waals surface area contributed by atoms with Crippen molar-refractivity contribution in [3.63, 3.8) is 0 Å². The first-order valence-corrected chi connectivity index (χ1v) is 8.66. The molecule has 0 bridgehead atoms. The van der Waals surface area contributed by atoms with Gasteiger partial charge in [-0.15, -0.1) is 0 Å². The van der Waals surface area contributed by atoms with Crippen molar-refractivity contribution in [3.05, 3.63) is 53.0 Å². The molecule has 1 amide bonds. The summed E-state index contributed by atoms with van der Waals surface area (Å²) in [4.78, 5) is 23.9. The second-order valence-electron chi connectivity index (χ2n) is 7.42. The van der Waals surface area contributed by atoms with Gasteiger partial charge < -0.3 is 15.4 Å². The third kappa shape index (κ3) is 4.52. The molecule has 1 aromatic carbocycles. The van der Waals surface area contributed by atoms with Crippen molar-refractivity contribution in [2.75, 3.05) is 5.32 Å². The predicted octanol–water partition coefficient (Wildman–Crippen LogP) is 3.41. The van der Waals surface area contributed by atoms with Crippen LogP contribution >= 0.6 is 0 Å². The van der Waals surface area contributed by atoms with Crippen LogP contribution in [0.4, 0.5) is 5.69 Å². The highest BCUT2D eigenvalue weighted by molar-refractivity contribution is 6.05. The van der Waals surface area contributed by atoms with E-state index in [9.17, 15) is 4.79 Å². The summed E-state index contributed by atoms with van der Waals surface area (Å²) in [5, 5.41) is 12.0. The van der Waals surface area contributed by atoms with E-state index in [0.29, 0.717) is 28.2 Å². The van der Waals surface area contributed by atoms with Crippen LogP contribution in [-0.4, -0.2) is 26.0 Å². The molecule has 3 rings (SSSR count). The Labute approximate surface area is 158 Å². The number of carbonyl (C=O) groups excluding carboxylic acids is 1. The number of aromatic amines is 1. The number of nitrogens with one attached hydrogen (secondary N) is 2. The van der Waals surface area contributed by atoms with Gasteiger partial charge in [-0.1, -0.05) is 11.8 Å². The molecule has 6 nitrogen and oxygen atoms in total. The fourth-order valence-corrected chi connectivity index (χ4v) is 2.54. The van der Waals surface area contributed by atoms with Crippen molar-refractivity contribution < 1.29 is 9.90 Å². The zero-order valence-corrected chi connectivity index (χ0v) is 15.8.